The zero-order chi connectivity index (χ0) is 17.6. The predicted octanol–water partition coefficient (Wildman–Crippen LogP) is 4.76. The second kappa shape index (κ2) is 8.18. The third-order valence-corrected chi connectivity index (χ3v) is 4.51. The SMILES string of the molecule is CCOc1ccc2nc(NC(=O)CCOc3ccc(Cl)cc3)sc2c1. The van der Waals surface area contributed by atoms with Crippen LogP contribution in [0.4, 0.5) is 5.13 Å². The van der Waals surface area contributed by atoms with Crippen molar-refractivity contribution in [2.24, 2.45) is 0 Å². The number of carbonyl (C=O) groups excluding carboxylic acids is 1. The molecule has 5 nitrogen and oxygen atoms in total. The van der Waals surface area contributed by atoms with E-state index in [9.17, 15) is 4.79 Å². The average Bonchev–Trinajstić information content (AvgIpc) is 2.98. The minimum Gasteiger partial charge on any atom is -0.494 e. The first-order chi connectivity index (χ1) is 12.1. The van der Waals surface area contributed by atoms with Gasteiger partial charge in [-0.15, -0.1) is 0 Å². The highest BCUT2D eigenvalue weighted by molar-refractivity contribution is 7.22. The van der Waals surface area contributed by atoms with Crippen LogP contribution in [0, 0.1) is 0 Å². The van der Waals surface area contributed by atoms with E-state index in [1.165, 1.54) is 11.3 Å². The summed E-state index contributed by atoms with van der Waals surface area (Å²) < 4.78 is 12.0. The summed E-state index contributed by atoms with van der Waals surface area (Å²) in [6.45, 7) is 2.84. The maximum atomic E-state index is 12.0. The standard InChI is InChI=1S/C18H17ClN2O3S/c1-2-23-14-7-8-15-16(11-14)25-18(20-15)21-17(22)9-10-24-13-5-3-12(19)4-6-13/h3-8,11H,2,9-10H2,1H3,(H,20,21,22). The number of nitrogens with one attached hydrogen (secondary N) is 1. The Kier molecular flexibility index (Phi) is 5.73. The molecule has 0 unspecified atom stereocenters. The molecule has 0 saturated carbocycles. The van der Waals surface area contributed by atoms with Gasteiger partial charge in [-0.3, -0.25) is 4.79 Å². The number of ether oxygens (including phenoxy) is 2. The Morgan fingerprint density at radius 3 is 2.68 bits per heavy atom. The van der Waals surface area contributed by atoms with Crippen LogP contribution in [0.25, 0.3) is 10.2 Å². The van der Waals surface area contributed by atoms with Crippen LogP contribution >= 0.6 is 22.9 Å². The van der Waals surface area contributed by atoms with Crippen LogP contribution in [0.5, 0.6) is 11.5 Å². The number of amides is 1. The molecule has 7 heteroatoms. The third-order valence-electron chi connectivity index (χ3n) is 3.33. The highest BCUT2D eigenvalue weighted by Crippen LogP contribution is 2.29. The van der Waals surface area contributed by atoms with E-state index in [4.69, 9.17) is 21.1 Å². The molecule has 130 valence electrons. The molecule has 0 fully saturated rings. The van der Waals surface area contributed by atoms with Gasteiger partial charge in [-0.2, -0.15) is 0 Å². The van der Waals surface area contributed by atoms with Gasteiger partial charge in [0.25, 0.3) is 0 Å². The highest BCUT2D eigenvalue weighted by Gasteiger charge is 2.09. The van der Waals surface area contributed by atoms with E-state index in [0.29, 0.717) is 22.5 Å². The molecule has 0 aliphatic rings. The van der Waals surface area contributed by atoms with Crippen LogP contribution in [-0.2, 0) is 4.79 Å². The lowest BCUT2D eigenvalue weighted by Crippen LogP contribution is -2.14. The van der Waals surface area contributed by atoms with Crippen molar-refractivity contribution in [2.75, 3.05) is 18.5 Å². The summed E-state index contributed by atoms with van der Waals surface area (Å²) in [4.78, 5) is 16.4. The first-order valence-electron chi connectivity index (χ1n) is 7.85. The van der Waals surface area contributed by atoms with E-state index >= 15 is 0 Å². The molecule has 1 heterocycles. The second-order valence-electron chi connectivity index (χ2n) is 5.18. The molecule has 0 bridgehead atoms. The van der Waals surface area contributed by atoms with E-state index in [1.54, 1.807) is 24.3 Å². The van der Waals surface area contributed by atoms with Crippen molar-refractivity contribution in [2.45, 2.75) is 13.3 Å². The normalized spacial score (nSPS) is 10.6. The molecule has 3 rings (SSSR count). The minimum atomic E-state index is -0.141. The zero-order valence-corrected chi connectivity index (χ0v) is 15.2. The third kappa shape index (κ3) is 4.84. The van der Waals surface area contributed by atoms with Crippen molar-refractivity contribution in [1.29, 1.82) is 0 Å². The van der Waals surface area contributed by atoms with Gasteiger partial charge in [-0.25, -0.2) is 4.98 Å². The molecular weight excluding hydrogens is 360 g/mol. The quantitative estimate of drug-likeness (QED) is 0.646. The summed E-state index contributed by atoms with van der Waals surface area (Å²) >= 11 is 7.23. The van der Waals surface area contributed by atoms with E-state index in [1.807, 2.05) is 25.1 Å². The number of halogens is 1. The monoisotopic (exact) mass is 376 g/mol. The Labute approximate surface area is 154 Å². The van der Waals surface area contributed by atoms with Gasteiger partial charge in [0.1, 0.15) is 11.5 Å². The summed E-state index contributed by atoms with van der Waals surface area (Å²) in [6, 6.07) is 12.7. The lowest BCUT2D eigenvalue weighted by Gasteiger charge is -2.05. The number of aromatic nitrogens is 1. The Balaban J connectivity index is 1.53. The molecule has 0 aliphatic carbocycles. The van der Waals surface area contributed by atoms with Gasteiger partial charge in [0, 0.05) is 5.02 Å². The molecule has 0 spiro atoms. The number of hydrogen-bond donors (Lipinski definition) is 1. The molecule has 1 aromatic heterocycles. The highest BCUT2D eigenvalue weighted by atomic mass is 35.5. The van der Waals surface area contributed by atoms with Gasteiger partial charge in [-0.05, 0) is 49.4 Å². The van der Waals surface area contributed by atoms with Crippen molar-refractivity contribution >= 4 is 44.2 Å². The predicted molar refractivity (Wildman–Crippen MR) is 101 cm³/mol. The Bertz CT molecular complexity index is 864. The molecule has 0 saturated heterocycles. The average molecular weight is 377 g/mol. The number of nitrogens with zero attached hydrogens (tertiary/aromatic N) is 1. The summed E-state index contributed by atoms with van der Waals surface area (Å²) in [6.07, 6.45) is 0.239. The molecule has 1 amide bonds. The molecule has 25 heavy (non-hydrogen) atoms. The van der Waals surface area contributed by atoms with Gasteiger partial charge in [0.05, 0.1) is 29.9 Å². The second-order valence-corrected chi connectivity index (χ2v) is 6.65. The van der Waals surface area contributed by atoms with Crippen LogP contribution < -0.4 is 14.8 Å². The van der Waals surface area contributed by atoms with Crippen molar-refractivity contribution in [1.82, 2.24) is 4.98 Å². The number of rotatable bonds is 7. The van der Waals surface area contributed by atoms with Crippen LogP contribution in [0.15, 0.2) is 42.5 Å². The van der Waals surface area contributed by atoms with Gasteiger partial charge in [0.2, 0.25) is 5.91 Å². The first kappa shape index (κ1) is 17.5. The van der Waals surface area contributed by atoms with Gasteiger partial charge < -0.3 is 14.8 Å². The van der Waals surface area contributed by atoms with E-state index in [2.05, 4.69) is 10.3 Å². The molecule has 3 aromatic rings. The molecule has 0 radical (unpaired) electrons. The van der Waals surface area contributed by atoms with E-state index in [0.717, 1.165) is 16.0 Å². The smallest absolute Gasteiger partial charge is 0.229 e. The van der Waals surface area contributed by atoms with Crippen LogP contribution in [0.1, 0.15) is 13.3 Å². The maximum Gasteiger partial charge on any atom is 0.229 e. The fourth-order valence-electron chi connectivity index (χ4n) is 2.19. The molecular formula is C18H17ClN2O3S. The van der Waals surface area contributed by atoms with Gasteiger partial charge in [0.15, 0.2) is 5.13 Å². The number of fused-ring (bicyclic) bond motifs is 1. The molecule has 0 atom stereocenters. The van der Waals surface area contributed by atoms with Crippen LogP contribution in [-0.4, -0.2) is 24.1 Å². The lowest BCUT2D eigenvalue weighted by atomic mass is 10.3. The van der Waals surface area contributed by atoms with E-state index < -0.39 is 0 Å². The number of thiazole rings is 1. The zero-order valence-electron chi connectivity index (χ0n) is 13.6. The fraction of sp³-hybridized carbons (Fsp3) is 0.222. The van der Waals surface area contributed by atoms with Crippen molar-refractivity contribution in [3.8, 4) is 11.5 Å². The summed E-state index contributed by atoms with van der Waals surface area (Å²) in [5.74, 6) is 1.34. The van der Waals surface area contributed by atoms with Crippen molar-refractivity contribution in [3.05, 3.63) is 47.5 Å². The summed E-state index contributed by atoms with van der Waals surface area (Å²) in [5.41, 5.74) is 0.834. The lowest BCUT2D eigenvalue weighted by molar-refractivity contribution is -0.116. The van der Waals surface area contributed by atoms with Gasteiger partial charge in [-0.1, -0.05) is 22.9 Å². The maximum absolute atomic E-state index is 12.0. The minimum absolute atomic E-state index is 0.141. The molecule has 0 aliphatic heterocycles. The first-order valence-corrected chi connectivity index (χ1v) is 9.05. The van der Waals surface area contributed by atoms with Crippen molar-refractivity contribution < 1.29 is 14.3 Å². The summed E-state index contributed by atoms with van der Waals surface area (Å²) in [5, 5.41) is 4.02. The Morgan fingerprint density at radius 2 is 1.92 bits per heavy atom. The number of anilines is 1. The molecule has 1 N–H and O–H groups in total. The number of hydrogen-bond acceptors (Lipinski definition) is 5. The Morgan fingerprint density at radius 1 is 1.16 bits per heavy atom. The fourth-order valence-corrected chi connectivity index (χ4v) is 3.23. The Hall–Kier alpha value is -2.31. The van der Waals surface area contributed by atoms with E-state index in [-0.39, 0.29) is 18.9 Å². The number of benzene rings is 2. The largest absolute Gasteiger partial charge is 0.494 e. The topological polar surface area (TPSA) is 60.5 Å². The summed E-state index contributed by atoms with van der Waals surface area (Å²) in [7, 11) is 0. The van der Waals surface area contributed by atoms with Crippen LogP contribution in [0.2, 0.25) is 5.02 Å². The van der Waals surface area contributed by atoms with Crippen molar-refractivity contribution in [3.63, 3.8) is 0 Å². The molecule has 2 aromatic carbocycles. The van der Waals surface area contributed by atoms with Crippen LogP contribution in [0.3, 0.4) is 0 Å². The number of carbonyl (C=O) groups is 1. The van der Waals surface area contributed by atoms with Gasteiger partial charge >= 0.3 is 0 Å².